The van der Waals surface area contributed by atoms with Crippen molar-refractivity contribution >= 4 is 11.0 Å². The number of aryl methyl sites for hydroxylation is 1. The molecule has 1 aliphatic heterocycles. The van der Waals surface area contributed by atoms with Crippen molar-refractivity contribution in [3.05, 3.63) is 34.2 Å². The number of fused-ring (bicyclic) bond motifs is 1. The first-order chi connectivity index (χ1) is 8.25. The third-order valence-corrected chi connectivity index (χ3v) is 3.55. The number of H-pyrrole nitrogens is 1. The van der Waals surface area contributed by atoms with Gasteiger partial charge in [0.25, 0.3) is 0 Å². The number of nitrogens with zero attached hydrogens (tertiary/aromatic N) is 1. The molecule has 0 atom stereocenters. The molecule has 1 aliphatic rings. The minimum Gasteiger partial charge on any atom is -0.317 e. The molecule has 4 heteroatoms. The number of aromatic nitrogens is 2. The van der Waals surface area contributed by atoms with Gasteiger partial charge >= 0.3 is 5.69 Å². The van der Waals surface area contributed by atoms with E-state index >= 15 is 0 Å². The molecule has 90 valence electrons. The van der Waals surface area contributed by atoms with Crippen LogP contribution in [0.3, 0.4) is 0 Å². The van der Waals surface area contributed by atoms with Crippen molar-refractivity contribution in [2.45, 2.75) is 25.8 Å². The summed E-state index contributed by atoms with van der Waals surface area (Å²) in [7, 11) is 0. The lowest BCUT2D eigenvalue weighted by atomic mass is 10.1. The molecule has 2 heterocycles. The molecule has 1 aromatic carbocycles. The number of benzene rings is 1. The normalized spacial score (nSPS) is 17.7. The molecule has 17 heavy (non-hydrogen) atoms. The third-order valence-electron chi connectivity index (χ3n) is 3.55. The Labute approximate surface area is 99.6 Å². The van der Waals surface area contributed by atoms with Crippen LogP contribution in [-0.2, 0) is 0 Å². The summed E-state index contributed by atoms with van der Waals surface area (Å²) in [4.78, 5) is 15.0. The maximum absolute atomic E-state index is 12.0. The van der Waals surface area contributed by atoms with Crippen LogP contribution < -0.4 is 11.0 Å². The molecule has 1 aromatic heterocycles. The minimum atomic E-state index is 0.0255. The van der Waals surface area contributed by atoms with Crippen molar-refractivity contribution < 1.29 is 0 Å². The Morgan fingerprint density at radius 2 is 2.06 bits per heavy atom. The molecule has 0 bridgehead atoms. The van der Waals surface area contributed by atoms with Gasteiger partial charge in [0.1, 0.15) is 0 Å². The van der Waals surface area contributed by atoms with E-state index in [1.54, 1.807) is 0 Å². The van der Waals surface area contributed by atoms with E-state index < -0.39 is 0 Å². The van der Waals surface area contributed by atoms with Gasteiger partial charge in [-0.3, -0.25) is 4.57 Å². The zero-order valence-corrected chi connectivity index (χ0v) is 9.99. The second-order valence-corrected chi connectivity index (χ2v) is 4.80. The van der Waals surface area contributed by atoms with Gasteiger partial charge in [0.05, 0.1) is 11.0 Å². The van der Waals surface area contributed by atoms with Gasteiger partial charge in [-0.05, 0) is 50.6 Å². The molecule has 2 N–H and O–H groups in total. The van der Waals surface area contributed by atoms with Crippen molar-refractivity contribution in [3.63, 3.8) is 0 Å². The van der Waals surface area contributed by atoms with Crippen LogP contribution in [0.1, 0.15) is 24.4 Å². The summed E-state index contributed by atoms with van der Waals surface area (Å²) in [6.45, 7) is 4.03. The monoisotopic (exact) mass is 231 g/mol. The third kappa shape index (κ3) is 1.78. The van der Waals surface area contributed by atoms with Crippen molar-refractivity contribution in [3.8, 4) is 0 Å². The molecule has 2 aromatic rings. The van der Waals surface area contributed by atoms with Crippen LogP contribution in [0.5, 0.6) is 0 Å². The van der Waals surface area contributed by atoms with Crippen LogP contribution >= 0.6 is 0 Å². The van der Waals surface area contributed by atoms with E-state index in [0.717, 1.165) is 37.0 Å². The fourth-order valence-electron chi connectivity index (χ4n) is 2.67. The van der Waals surface area contributed by atoms with Gasteiger partial charge in [-0.2, -0.15) is 0 Å². The molecule has 0 saturated carbocycles. The number of hydrogen-bond donors (Lipinski definition) is 2. The topological polar surface area (TPSA) is 49.8 Å². The molecular formula is C13H17N3O. The largest absolute Gasteiger partial charge is 0.326 e. The summed E-state index contributed by atoms with van der Waals surface area (Å²) in [5, 5.41) is 3.33. The van der Waals surface area contributed by atoms with Crippen molar-refractivity contribution in [2.24, 2.45) is 0 Å². The first-order valence-corrected chi connectivity index (χ1v) is 6.17. The maximum Gasteiger partial charge on any atom is 0.326 e. The number of aromatic amines is 1. The summed E-state index contributed by atoms with van der Waals surface area (Å²) in [5.41, 5.74) is 3.19. The zero-order valence-electron chi connectivity index (χ0n) is 9.99. The summed E-state index contributed by atoms with van der Waals surface area (Å²) in [5.74, 6) is 0. The Balaban J connectivity index is 2.14. The Morgan fingerprint density at radius 3 is 2.82 bits per heavy atom. The van der Waals surface area contributed by atoms with Gasteiger partial charge in [0, 0.05) is 6.04 Å². The van der Waals surface area contributed by atoms with Gasteiger partial charge < -0.3 is 10.3 Å². The molecule has 3 rings (SSSR count). The highest BCUT2D eigenvalue weighted by molar-refractivity contribution is 5.76. The smallest absolute Gasteiger partial charge is 0.317 e. The Morgan fingerprint density at radius 1 is 1.29 bits per heavy atom. The number of imidazole rings is 1. The van der Waals surface area contributed by atoms with E-state index in [4.69, 9.17) is 0 Å². The highest BCUT2D eigenvalue weighted by Crippen LogP contribution is 2.22. The Kier molecular flexibility index (Phi) is 2.52. The quantitative estimate of drug-likeness (QED) is 0.782. The highest BCUT2D eigenvalue weighted by atomic mass is 16.1. The fourth-order valence-corrected chi connectivity index (χ4v) is 2.67. The van der Waals surface area contributed by atoms with E-state index in [-0.39, 0.29) is 5.69 Å². The molecule has 1 saturated heterocycles. The highest BCUT2D eigenvalue weighted by Gasteiger charge is 2.19. The first-order valence-electron chi connectivity index (χ1n) is 6.17. The first kappa shape index (κ1) is 10.6. The lowest BCUT2D eigenvalue weighted by molar-refractivity contribution is 0.368. The van der Waals surface area contributed by atoms with Crippen LogP contribution in [0.2, 0.25) is 0 Å². The number of rotatable bonds is 1. The predicted molar refractivity (Wildman–Crippen MR) is 68.4 cm³/mol. The summed E-state index contributed by atoms with van der Waals surface area (Å²) in [6.07, 6.45) is 2.06. The lowest BCUT2D eigenvalue weighted by Gasteiger charge is -2.23. The van der Waals surface area contributed by atoms with Crippen LogP contribution in [0, 0.1) is 6.92 Å². The number of piperidine rings is 1. The maximum atomic E-state index is 12.0. The van der Waals surface area contributed by atoms with Crippen molar-refractivity contribution in [2.75, 3.05) is 13.1 Å². The van der Waals surface area contributed by atoms with Crippen molar-refractivity contribution in [1.82, 2.24) is 14.9 Å². The van der Waals surface area contributed by atoms with E-state index in [9.17, 15) is 4.79 Å². The van der Waals surface area contributed by atoms with E-state index in [1.807, 2.05) is 23.6 Å². The fraction of sp³-hybridized carbons (Fsp3) is 0.462. The second-order valence-electron chi connectivity index (χ2n) is 4.80. The Hall–Kier alpha value is -1.55. The van der Waals surface area contributed by atoms with E-state index in [0.29, 0.717) is 6.04 Å². The second kappa shape index (κ2) is 4.04. The van der Waals surface area contributed by atoms with Gasteiger partial charge in [0.15, 0.2) is 0 Å². The van der Waals surface area contributed by atoms with Crippen molar-refractivity contribution in [1.29, 1.82) is 0 Å². The lowest BCUT2D eigenvalue weighted by Crippen LogP contribution is -2.33. The predicted octanol–water partition coefficient (Wildman–Crippen LogP) is 1.56. The van der Waals surface area contributed by atoms with Crippen LogP contribution in [0.4, 0.5) is 0 Å². The summed E-state index contributed by atoms with van der Waals surface area (Å²) >= 11 is 0. The average Bonchev–Trinajstić information content (AvgIpc) is 2.65. The molecular weight excluding hydrogens is 214 g/mol. The molecule has 0 aliphatic carbocycles. The number of hydrogen-bond acceptors (Lipinski definition) is 2. The number of nitrogens with one attached hydrogen (secondary N) is 2. The molecule has 0 unspecified atom stereocenters. The summed E-state index contributed by atoms with van der Waals surface area (Å²) in [6, 6.07) is 6.48. The molecule has 0 amide bonds. The Bertz CT molecular complexity index is 590. The van der Waals surface area contributed by atoms with Crippen LogP contribution in [0.15, 0.2) is 23.0 Å². The summed E-state index contributed by atoms with van der Waals surface area (Å²) < 4.78 is 1.93. The minimum absolute atomic E-state index is 0.0255. The standard InChI is InChI=1S/C13H17N3O/c1-9-2-3-12-11(8-9)15-13(17)16(12)10-4-6-14-7-5-10/h2-3,8,10,14H,4-7H2,1H3,(H,15,17). The molecule has 0 spiro atoms. The van der Waals surface area contributed by atoms with Gasteiger partial charge in [0.2, 0.25) is 0 Å². The van der Waals surface area contributed by atoms with E-state index in [2.05, 4.69) is 16.4 Å². The van der Waals surface area contributed by atoms with Crippen LogP contribution in [-0.4, -0.2) is 22.6 Å². The van der Waals surface area contributed by atoms with E-state index in [1.165, 1.54) is 5.56 Å². The molecule has 0 radical (unpaired) electrons. The molecule has 4 nitrogen and oxygen atoms in total. The molecule has 1 fully saturated rings. The van der Waals surface area contributed by atoms with Crippen LogP contribution in [0.25, 0.3) is 11.0 Å². The zero-order chi connectivity index (χ0) is 11.8. The average molecular weight is 231 g/mol. The SMILES string of the molecule is Cc1ccc2c(c1)[nH]c(=O)n2C1CCNCC1. The van der Waals surface area contributed by atoms with Gasteiger partial charge in [-0.25, -0.2) is 4.79 Å². The van der Waals surface area contributed by atoms with Gasteiger partial charge in [-0.1, -0.05) is 6.07 Å². The van der Waals surface area contributed by atoms with Gasteiger partial charge in [-0.15, -0.1) is 0 Å².